The monoisotopic (exact) mass is 169 g/mol. The third-order valence-corrected chi connectivity index (χ3v) is 1.24. The van der Waals surface area contributed by atoms with Crippen LogP contribution in [0.15, 0.2) is 36.2 Å². The summed E-state index contributed by atoms with van der Waals surface area (Å²) in [5, 5.41) is 11.3. The van der Waals surface area contributed by atoms with Gasteiger partial charge in [-0.05, 0) is 11.6 Å². The van der Waals surface area contributed by atoms with Crippen molar-refractivity contribution in [3.63, 3.8) is 0 Å². The van der Waals surface area contributed by atoms with Crippen LogP contribution < -0.4 is 5.32 Å². The summed E-state index contributed by atoms with van der Waals surface area (Å²) in [4.78, 5) is 10.3. The largest absolute Gasteiger partial charge is 0.481 e. The van der Waals surface area contributed by atoms with Crippen molar-refractivity contribution in [1.29, 1.82) is 0 Å². The van der Waals surface area contributed by atoms with Gasteiger partial charge in [-0.15, -0.1) is 0 Å². The van der Waals surface area contributed by atoms with Gasteiger partial charge >= 0.3 is 5.97 Å². The number of rotatable bonds is 2. The molecule has 0 aromatic carbocycles. The van der Waals surface area contributed by atoms with E-state index in [0.29, 0.717) is 0 Å². The Bertz CT molecular complexity index is 241. The molecule has 0 bridgehead atoms. The van der Waals surface area contributed by atoms with Crippen LogP contribution in [0.3, 0.4) is 0 Å². The van der Waals surface area contributed by atoms with Crippen molar-refractivity contribution in [1.82, 2.24) is 5.32 Å². The van der Waals surface area contributed by atoms with E-state index in [1.807, 2.05) is 6.08 Å². The van der Waals surface area contributed by atoms with Gasteiger partial charge in [0.05, 0.1) is 6.42 Å². The molecular weight excluding hydrogens is 158 g/mol. The van der Waals surface area contributed by atoms with Crippen LogP contribution in [0.5, 0.6) is 0 Å². The van der Waals surface area contributed by atoms with E-state index in [0.717, 1.165) is 5.57 Å². The SMILES string of the molecule is O.O=C(O)CC1=CNC=CC=C1. The summed E-state index contributed by atoms with van der Waals surface area (Å²) >= 11 is 0. The van der Waals surface area contributed by atoms with Gasteiger partial charge in [0.25, 0.3) is 0 Å². The molecule has 66 valence electrons. The van der Waals surface area contributed by atoms with Crippen molar-refractivity contribution in [3.8, 4) is 0 Å². The zero-order valence-electron chi connectivity index (χ0n) is 6.45. The number of carboxylic acids is 1. The molecule has 0 fully saturated rings. The molecule has 0 aromatic rings. The highest BCUT2D eigenvalue weighted by atomic mass is 16.4. The Kier molecular flexibility index (Phi) is 4.48. The zero-order chi connectivity index (χ0) is 8.10. The molecule has 0 saturated carbocycles. The van der Waals surface area contributed by atoms with Crippen molar-refractivity contribution in [2.24, 2.45) is 0 Å². The van der Waals surface area contributed by atoms with Gasteiger partial charge in [-0.3, -0.25) is 4.79 Å². The quantitative estimate of drug-likeness (QED) is 0.619. The first-order chi connectivity index (χ1) is 5.29. The number of hydrogen-bond donors (Lipinski definition) is 2. The third-order valence-electron chi connectivity index (χ3n) is 1.24. The van der Waals surface area contributed by atoms with E-state index < -0.39 is 5.97 Å². The van der Waals surface area contributed by atoms with E-state index in [4.69, 9.17) is 5.11 Å². The lowest BCUT2D eigenvalue weighted by Gasteiger charge is -1.94. The van der Waals surface area contributed by atoms with Crippen molar-refractivity contribution in [2.75, 3.05) is 0 Å². The topological polar surface area (TPSA) is 80.8 Å². The lowest BCUT2D eigenvalue weighted by atomic mass is 10.2. The lowest BCUT2D eigenvalue weighted by Crippen LogP contribution is -1.99. The average molecular weight is 169 g/mol. The molecular formula is C8H11NO3. The smallest absolute Gasteiger partial charge is 0.307 e. The number of nitrogens with one attached hydrogen (secondary N) is 1. The van der Waals surface area contributed by atoms with Gasteiger partial charge in [0, 0.05) is 12.4 Å². The Morgan fingerprint density at radius 1 is 1.50 bits per heavy atom. The Morgan fingerprint density at radius 2 is 2.25 bits per heavy atom. The van der Waals surface area contributed by atoms with Crippen LogP contribution in [0, 0.1) is 0 Å². The summed E-state index contributed by atoms with van der Waals surface area (Å²) in [6.45, 7) is 0. The van der Waals surface area contributed by atoms with Crippen LogP contribution in [0.25, 0.3) is 0 Å². The van der Waals surface area contributed by atoms with Gasteiger partial charge in [-0.2, -0.15) is 0 Å². The van der Waals surface area contributed by atoms with E-state index >= 15 is 0 Å². The van der Waals surface area contributed by atoms with Crippen LogP contribution in [-0.2, 0) is 4.79 Å². The fraction of sp³-hybridized carbons (Fsp3) is 0.125. The van der Waals surface area contributed by atoms with E-state index in [2.05, 4.69) is 5.32 Å². The molecule has 0 atom stereocenters. The second-order valence-corrected chi connectivity index (χ2v) is 2.17. The molecule has 0 saturated heterocycles. The minimum atomic E-state index is -0.815. The summed E-state index contributed by atoms with van der Waals surface area (Å²) in [7, 11) is 0. The highest BCUT2D eigenvalue weighted by Crippen LogP contribution is 2.03. The molecule has 0 spiro atoms. The molecule has 1 rings (SSSR count). The summed E-state index contributed by atoms with van der Waals surface area (Å²) in [6.07, 6.45) is 8.86. The number of carbonyl (C=O) groups is 1. The van der Waals surface area contributed by atoms with Gasteiger partial charge in [-0.25, -0.2) is 0 Å². The maximum atomic E-state index is 10.3. The molecule has 12 heavy (non-hydrogen) atoms. The van der Waals surface area contributed by atoms with E-state index in [1.54, 1.807) is 24.6 Å². The van der Waals surface area contributed by atoms with Gasteiger partial charge < -0.3 is 15.9 Å². The highest BCUT2D eigenvalue weighted by molar-refractivity contribution is 5.71. The van der Waals surface area contributed by atoms with Crippen molar-refractivity contribution < 1.29 is 15.4 Å². The molecule has 0 unspecified atom stereocenters. The molecule has 4 N–H and O–H groups in total. The Balaban J connectivity index is 0.00000121. The molecule has 0 radical (unpaired) electrons. The van der Waals surface area contributed by atoms with Gasteiger partial charge in [0.1, 0.15) is 0 Å². The zero-order valence-corrected chi connectivity index (χ0v) is 6.45. The molecule has 4 nitrogen and oxygen atoms in total. The van der Waals surface area contributed by atoms with Gasteiger partial charge in [0.15, 0.2) is 0 Å². The fourth-order valence-corrected chi connectivity index (χ4v) is 0.778. The second-order valence-electron chi connectivity index (χ2n) is 2.17. The van der Waals surface area contributed by atoms with Crippen molar-refractivity contribution >= 4 is 5.97 Å². The third kappa shape index (κ3) is 3.58. The van der Waals surface area contributed by atoms with E-state index in [1.165, 1.54) is 0 Å². The predicted molar refractivity (Wildman–Crippen MR) is 45.4 cm³/mol. The standard InChI is InChI=1S/C8H9NO2.H2O/c10-8(11)5-7-3-1-2-4-9-6-7;/h1-4,6,9H,5H2,(H,10,11);1H2. The fourth-order valence-electron chi connectivity index (χ4n) is 0.778. The van der Waals surface area contributed by atoms with Crippen LogP contribution in [-0.4, -0.2) is 16.6 Å². The van der Waals surface area contributed by atoms with E-state index in [-0.39, 0.29) is 11.9 Å². The van der Waals surface area contributed by atoms with E-state index in [9.17, 15) is 4.79 Å². The predicted octanol–water partition coefficient (Wildman–Crippen LogP) is 0.193. The minimum absolute atomic E-state index is 0. The van der Waals surface area contributed by atoms with Gasteiger partial charge in [-0.1, -0.05) is 12.2 Å². The first-order valence-electron chi connectivity index (χ1n) is 3.29. The number of aliphatic carboxylic acids is 1. The molecule has 1 aliphatic heterocycles. The summed E-state index contributed by atoms with van der Waals surface area (Å²) in [5.41, 5.74) is 0.766. The van der Waals surface area contributed by atoms with Crippen LogP contribution in [0.1, 0.15) is 6.42 Å². The maximum Gasteiger partial charge on any atom is 0.307 e. The maximum absolute atomic E-state index is 10.3. The van der Waals surface area contributed by atoms with Crippen LogP contribution >= 0.6 is 0 Å². The lowest BCUT2D eigenvalue weighted by molar-refractivity contribution is -0.136. The Hall–Kier alpha value is -1.55. The van der Waals surface area contributed by atoms with Crippen molar-refractivity contribution in [3.05, 3.63) is 36.2 Å². The molecule has 0 amide bonds. The minimum Gasteiger partial charge on any atom is -0.481 e. The number of hydrogen-bond acceptors (Lipinski definition) is 2. The molecule has 0 aromatic heterocycles. The van der Waals surface area contributed by atoms with Crippen LogP contribution in [0.4, 0.5) is 0 Å². The Morgan fingerprint density at radius 3 is 2.92 bits per heavy atom. The Labute approximate surface area is 70.2 Å². The second kappa shape index (κ2) is 5.15. The molecule has 1 aliphatic rings. The number of carboxylic acid groups (broad SMARTS) is 1. The summed E-state index contributed by atoms with van der Waals surface area (Å²) in [6, 6.07) is 0. The molecule has 4 heteroatoms. The first-order valence-corrected chi connectivity index (χ1v) is 3.29. The summed E-state index contributed by atoms with van der Waals surface area (Å²) < 4.78 is 0. The highest BCUT2D eigenvalue weighted by Gasteiger charge is 1.99. The van der Waals surface area contributed by atoms with Crippen LogP contribution in [0.2, 0.25) is 0 Å². The normalized spacial score (nSPS) is 13.8. The number of allylic oxidation sites excluding steroid dienone is 3. The average Bonchev–Trinajstić information content (AvgIpc) is 2.14. The summed E-state index contributed by atoms with van der Waals surface area (Å²) in [5.74, 6) is -0.815. The van der Waals surface area contributed by atoms with Crippen molar-refractivity contribution in [2.45, 2.75) is 6.42 Å². The molecule has 0 aliphatic carbocycles. The molecule has 1 heterocycles. The van der Waals surface area contributed by atoms with Gasteiger partial charge in [0.2, 0.25) is 0 Å². The first kappa shape index (κ1) is 10.4.